The quantitative estimate of drug-likeness (QED) is 0.446. The van der Waals surface area contributed by atoms with Gasteiger partial charge in [-0.25, -0.2) is 0 Å². The number of rotatable bonds is 10. The molecule has 1 unspecified atom stereocenters. The summed E-state index contributed by atoms with van der Waals surface area (Å²) < 4.78 is 5.51. The number of hydrogen-bond acceptors (Lipinski definition) is 3. The van der Waals surface area contributed by atoms with E-state index >= 15 is 0 Å². The van der Waals surface area contributed by atoms with Crippen molar-refractivity contribution in [3.05, 3.63) is 60.1 Å². The monoisotopic (exact) mass is 454 g/mol. The molecule has 33 heavy (non-hydrogen) atoms. The molecule has 2 aromatic rings. The first-order valence-corrected chi connectivity index (χ1v) is 12.0. The van der Waals surface area contributed by atoms with Crippen molar-refractivity contribution in [2.24, 2.45) is 11.3 Å². The Morgan fingerprint density at radius 2 is 1.61 bits per heavy atom. The first-order valence-electron chi connectivity index (χ1n) is 12.0. The molecule has 1 atom stereocenters. The van der Waals surface area contributed by atoms with Crippen molar-refractivity contribution in [2.45, 2.75) is 79.8 Å². The lowest BCUT2D eigenvalue weighted by Gasteiger charge is -2.37. The molecule has 0 radical (unpaired) electrons. The first kappa shape index (κ1) is 26.7. The maximum Gasteiger partial charge on any atom is 0.242 e. The molecule has 0 spiro atoms. The van der Waals surface area contributed by atoms with Crippen LogP contribution in [0, 0.1) is 11.3 Å². The van der Waals surface area contributed by atoms with Gasteiger partial charge in [0.1, 0.15) is 12.3 Å². The SMILES string of the molecule is CC(CC(=O)N(CC(=O)N(CCc1ccccc1)Cc1ccco1)C(C)(C)C)CC(C)(C)C. The van der Waals surface area contributed by atoms with E-state index in [9.17, 15) is 9.59 Å². The molecule has 0 bridgehead atoms. The van der Waals surface area contributed by atoms with Gasteiger partial charge >= 0.3 is 0 Å². The maximum absolute atomic E-state index is 13.5. The summed E-state index contributed by atoms with van der Waals surface area (Å²) in [6.45, 7) is 15.7. The fourth-order valence-electron chi connectivity index (χ4n) is 4.25. The van der Waals surface area contributed by atoms with Gasteiger partial charge in [-0.05, 0) is 62.6 Å². The van der Waals surface area contributed by atoms with Gasteiger partial charge < -0.3 is 14.2 Å². The minimum atomic E-state index is -0.440. The Balaban J connectivity index is 2.13. The predicted molar refractivity (Wildman–Crippen MR) is 134 cm³/mol. The van der Waals surface area contributed by atoms with E-state index in [1.54, 1.807) is 16.1 Å². The third-order valence-electron chi connectivity index (χ3n) is 5.68. The normalized spacial score (nSPS) is 12.9. The lowest BCUT2D eigenvalue weighted by atomic mass is 9.84. The molecular formula is C28H42N2O3. The smallest absolute Gasteiger partial charge is 0.242 e. The van der Waals surface area contributed by atoms with Gasteiger partial charge in [-0.3, -0.25) is 9.59 Å². The van der Waals surface area contributed by atoms with Crippen molar-refractivity contribution in [3.63, 3.8) is 0 Å². The number of amides is 2. The molecule has 0 aliphatic rings. The van der Waals surface area contributed by atoms with Gasteiger partial charge in [0.05, 0.1) is 12.8 Å². The summed E-state index contributed by atoms with van der Waals surface area (Å²) in [4.78, 5) is 30.3. The number of hydrogen-bond donors (Lipinski definition) is 0. The summed E-state index contributed by atoms with van der Waals surface area (Å²) in [6, 6.07) is 13.8. The van der Waals surface area contributed by atoms with E-state index in [4.69, 9.17) is 4.42 Å². The van der Waals surface area contributed by atoms with Crippen molar-refractivity contribution < 1.29 is 14.0 Å². The molecule has 1 heterocycles. The Labute approximate surface area is 200 Å². The van der Waals surface area contributed by atoms with Gasteiger partial charge in [0.25, 0.3) is 0 Å². The van der Waals surface area contributed by atoms with Crippen LogP contribution < -0.4 is 0 Å². The Hall–Kier alpha value is -2.56. The molecule has 0 aliphatic carbocycles. The van der Waals surface area contributed by atoms with Crippen molar-refractivity contribution in [1.82, 2.24) is 9.80 Å². The zero-order valence-corrected chi connectivity index (χ0v) is 21.6. The molecule has 2 amide bonds. The van der Waals surface area contributed by atoms with Gasteiger partial charge in [-0.2, -0.15) is 0 Å². The van der Waals surface area contributed by atoms with Crippen molar-refractivity contribution >= 4 is 11.8 Å². The molecule has 0 N–H and O–H groups in total. The van der Waals surface area contributed by atoms with E-state index in [2.05, 4.69) is 39.8 Å². The van der Waals surface area contributed by atoms with Crippen LogP contribution in [-0.2, 0) is 22.6 Å². The minimum absolute atomic E-state index is 0.0357. The fourth-order valence-corrected chi connectivity index (χ4v) is 4.25. The Kier molecular flexibility index (Phi) is 9.33. The second-order valence-corrected chi connectivity index (χ2v) is 11.4. The van der Waals surface area contributed by atoms with Crippen molar-refractivity contribution in [3.8, 4) is 0 Å². The van der Waals surface area contributed by atoms with Crippen LogP contribution in [0.2, 0.25) is 0 Å². The summed E-state index contributed by atoms with van der Waals surface area (Å²) in [5, 5.41) is 0. The van der Waals surface area contributed by atoms with Crippen molar-refractivity contribution in [1.29, 1.82) is 0 Å². The van der Waals surface area contributed by atoms with Crippen molar-refractivity contribution in [2.75, 3.05) is 13.1 Å². The highest BCUT2D eigenvalue weighted by molar-refractivity contribution is 5.85. The second kappa shape index (κ2) is 11.5. The number of benzene rings is 1. The Morgan fingerprint density at radius 3 is 2.15 bits per heavy atom. The highest BCUT2D eigenvalue weighted by Crippen LogP contribution is 2.27. The lowest BCUT2D eigenvalue weighted by Crippen LogP contribution is -2.51. The first-order chi connectivity index (χ1) is 15.3. The summed E-state index contributed by atoms with van der Waals surface area (Å²) in [7, 11) is 0. The number of carbonyl (C=O) groups excluding carboxylic acids is 2. The van der Waals surface area contributed by atoms with Gasteiger partial charge in [0.15, 0.2) is 0 Å². The number of carbonyl (C=O) groups is 2. The third kappa shape index (κ3) is 9.45. The summed E-state index contributed by atoms with van der Waals surface area (Å²) >= 11 is 0. The summed E-state index contributed by atoms with van der Waals surface area (Å²) in [6.07, 6.45) is 3.78. The van der Waals surface area contributed by atoms with Gasteiger partial charge in [0, 0.05) is 18.5 Å². The van der Waals surface area contributed by atoms with E-state index in [1.165, 1.54) is 5.56 Å². The largest absolute Gasteiger partial charge is 0.467 e. The van der Waals surface area contributed by atoms with Crippen LogP contribution in [0.4, 0.5) is 0 Å². The van der Waals surface area contributed by atoms with Crippen LogP contribution in [0.15, 0.2) is 53.1 Å². The van der Waals surface area contributed by atoms with Gasteiger partial charge in [-0.15, -0.1) is 0 Å². The molecule has 5 heteroatoms. The van der Waals surface area contributed by atoms with E-state index in [1.807, 2.05) is 51.1 Å². The van der Waals surface area contributed by atoms with Crippen LogP contribution in [0.3, 0.4) is 0 Å². The molecule has 0 saturated heterocycles. The molecule has 5 nitrogen and oxygen atoms in total. The third-order valence-corrected chi connectivity index (χ3v) is 5.68. The number of nitrogens with zero attached hydrogens (tertiary/aromatic N) is 2. The maximum atomic E-state index is 13.5. The zero-order chi connectivity index (χ0) is 24.6. The molecule has 0 aliphatic heterocycles. The Bertz CT molecular complexity index is 861. The zero-order valence-electron chi connectivity index (χ0n) is 21.6. The highest BCUT2D eigenvalue weighted by atomic mass is 16.3. The molecule has 2 rings (SSSR count). The summed E-state index contributed by atoms with van der Waals surface area (Å²) in [5.41, 5.74) is 0.901. The highest BCUT2D eigenvalue weighted by Gasteiger charge is 2.31. The van der Waals surface area contributed by atoms with Gasteiger partial charge in [0.2, 0.25) is 11.8 Å². The Morgan fingerprint density at radius 1 is 0.939 bits per heavy atom. The topological polar surface area (TPSA) is 53.8 Å². The fraction of sp³-hybridized carbons (Fsp3) is 0.571. The van der Waals surface area contributed by atoms with Crippen LogP contribution in [0.1, 0.15) is 72.6 Å². The average Bonchev–Trinajstić information content (AvgIpc) is 3.20. The minimum Gasteiger partial charge on any atom is -0.467 e. The van der Waals surface area contributed by atoms with Crippen LogP contribution >= 0.6 is 0 Å². The van der Waals surface area contributed by atoms with Crippen LogP contribution in [-0.4, -0.2) is 40.2 Å². The van der Waals surface area contributed by atoms with E-state index < -0.39 is 5.54 Å². The standard InChI is InChI=1S/C28H42N2O3/c1-22(19-27(2,3)4)18-25(31)30(28(5,6)7)21-26(32)29(20-24-14-11-17-33-24)16-15-23-12-9-8-10-13-23/h8-14,17,22H,15-16,18-21H2,1-7H3. The van der Waals surface area contributed by atoms with Crippen LogP contribution in [0.5, 0.6) is 0 Å². The molecule has 1 aromatic carbocycles. The molecule has 1 aromatic heterocycles. The lowest BCUT2D eigenvalue weighted by molar-refractivity contribution is -0.145. The van der Waals surface area contributed by atoms with E-state index in [0.717, 1.165) is 18.6 Å². The molecule has 0 fully saturated rings. The van der Waals surface area contributed by atoms with Gasteiger partial charge in [-0.1, -0.05) is 58.0 Å². The summed E-state index contributed by atoms with van der Waals surface area (Å²) in [5.74, 6) is 0.973. The average molecular weight is 455 g/mol. The molecular weight excluding hydrogens is 412 g/mol. The number of furan rings is 1. The second-order valence-electron chi connectivity index (χ2n) is 11.4. The van der Waals surface area contributed by atoms with Crippen LogP contribution in [0.25, 0.3) is 0 Å². The predicted octanol–water partition coefficient (Wildman–Crippen LogP) is 5.94. The molecule has 182 valence electrons. The van der Waals surface area contributed by atoms with E-state index in [-0.39, 0.29) is 29.7 Å². The molecule has 0 saturated carbocycles. The van der Waals surface area contributed by atoms with E-state index in [0.29, 0.717) is 19.5 Å².